The predicted molar refractivity (Wildman–Crippen MR) is 90.6 cm³/mol. The molecule has 3 heterocycles. The topological polar surface area (TPSA) is 106 Å². The van der Waals surface area contributed by atoms with Crippen LogP contribution in [0.4, 0.5) is 5.82 Å². The van der Waals surface area contributed by atoms with Crippen LogP contribution in [0.15, 0.2) is 33.7 Å². The van der Waals surface area contributed by atoms with Crippen LogP contribution in [0.1, 0.15) is 31.0 Å². The molecule has 0 fully saturated rings. The Morgan fingerprint density at radius 2 is 2.32 bits per heavy atom. The van der Waals surface area contributed by atoms with Gasteiger partial charge >= 0.3 is 0 Å². The Bertz CT molecular complexity index is 984. The maximum Gasteiger partial charge on any atom is 0.255 e. The van der Waals surface area contributed by atoms with Crippen LogP contribution in [0.2, 0.25) is 0 Å². The fourth-order valence-corrected chi connectivity index (χ4v) is 2.94. The zero-order valence-electron chi connectivity index (χ0n) is 13.7. The number of aromatic nitrogens is 4. The van der Waals surface area contributed by atoms with Crippen molar-refractivity contribution in [3.8, 4) is 17.4 Å². The number of amides is 1. The van der Waals surface area contributed by atoms with Crippen LogP contribution in [0.3, 0.4) is 0 Å². The van der Waals surface area contributed by atoms with Crippen LogP contribution >= 0.6 is 0 Å². The minimum absolute atomic E-state index is 0.152. The van der Waals surface area contributed by atoms with Gasteiger partial charge in [0.05, 0.1) is 12.0 Å². The van der Waals surface area contributed by atoms with E-state index in [-0.39, 0.29) is 17.4 Å². The summed E-state index contributed by atoms with van der Waals surface area (Å²) in [5.74, 6) is 1.12. The number of nitrogens with zero attached hydrogens (tertiary/aromatic N) is 3. The first-order valence-corrected chi connectivity index (χ1v) is 8.22. The van der Waals surface area contributed by atoms with Crippen LogP contribution in [0.25, 0.3) is 17.4 Å². The fraction of sp³-hybridized carbons (Fsp3) is 0.294. The van der Waals surface area contributed by atoms with Gasteiger partial charge in [-0.1, -0.05) is 6.92 Å². The van der Waals surface area contributed by atoms with Gasteiger partial charge in [0.15, 0.2) is 5.76 Å². The third kappa shape index (κ3) is 2.75. The lowest BCUT2D eigenvalue weighted by molar-refractivity contribution is -0.115. The molecular weight excluding hydrogens is 322 g/mol. The molecule has 0 spiro atoms. The van der Waals surface area contributed by atoms with Gasteiger partial charge in [0, 0.05) is 18.1 Å². The third-order valence-corrected chi connectivity index (χ3v) is 4.20. The molecule has 4 rings (SSSR count). The first-order valence-electron chi connectivity index (χ1n) is 8.22. The number of anilines is 1. The van der Waals surface area contributed by atoms with Crippen molar-refractivity contribution in [3.05, 3.63) is 46.1 Å². The van der Waals surface area contributed by atoms with Crippen LogP contribution in [0, 0.1) is 0 Å². The number of aromatic amines is 1. The largest absolute Gasteiger partial charge is 0.463 e. The standard InChI is InChI=1S/C17H17N5O3/c1-2-15(23)19-14-9-12(13-7-4-8-25-13)21-22(14)17-18-11-6-3-5-10(11)16(24)20-17/h4,7-9H,2-3,5-6H2,1H3,(H,19,23)(H,18,20,24). The molecule has 128 valence electrons. The van der Waals surface area contributed by atoms with E-state index in [1.807, 2.05) is 0 Å². The quantitative estimate of drug-likeness (QED) is 0.757. The number of hydrogen-bond donors (Lipinski definition) is 2. The van der Waals surface area contributed by atoms with Gasteiger partial charge in [0.2, 0.25) is 11.9 Å². The molecule has 1 amide bonds. The molecule has 0 atom stereocenters. The van der Waals surface area contributed by atoms with E-state index in [4.69, 9.17) is 4.42 Å². The van der Waals surface area contributed by atoms with E-state index in [2.05, 4.69) is 20.4 Å². The van der Waals surface area contributed by atoms with Crippen LogP contribution in [-0.2, 0) is 17.6 Å². The second-order valence-corrected chi connectivity index (χ2v) is 5.87. The molecule has 8 nitrogen and oxygen atoms in total. The Kier molecular flexibility index (Phi) is 3.72. The zero-order chi connectivity index (χ0) is 17.4. The average molecular weight is 339 g/mol. The maximum absolute atomic E-state index is 12.3. The Labute approximate surface area is 142 Å². The average Bonchev–Trinajstić information content (AvgIpc) is 3.34. The minimum Gasteiger partial charge on any atom is -0.463 e. The summed E-state index contributed by atoms with van der Waals surface area (Å²) < 4.78 is 6.81. The van der Waals surface area contributed by atoms with Gasteiger partial charge in [-0.15, -0.1) is 0 Å². The number of carbonyl (C=O) groups excluding carboxylic acids is 1. The first-order chi connectivity index (χ1) is 12.2. The van der Waals surface area contributed by atoms with Gasteiger partial charge in [0.25, 0.3) is 5.56 Å². The number of fused-ring (bicyclic) bond motifs is 1. The summed E-state index contributed by atoms with van der Waals surface area (Å²) >= 11 is 0. The van der Waals surface area contributed by atoms with Crippen molar-refractivity contribution in [3.63, 3.8) is 0 Å². The van der Waals surface area contributed by atoms with E-state index in [1.165, 1.54) is 4.68 Å². The molecule has 3 aromatic rings. The van der Waals surface area contributed by atoms with Gasteiger partial charge < -0.3 is 9.73 Å². The first kappa shape index (κ1) is 15.4. The molecular formula is C17H17N5O3. The van der Waals surface area contributed by atoms with E-state index >= 15 is 0 Å². The summed E-state index contributed by atoms with van der Waals surface area (Å²) in [6, 6.07) is 5.23. The van der Waals surface area contributed by atoms with E-state index < -0.39 is 0 Å². The van der Waals surface area contributed by atoms with Crippen LogP contribution in [-0.4, -0.2) is 25.7 Å². The smallest absolute Gasteiger partial charge is 0.255 e. The number of rotatable bonds is 4. The molecule has 0 aliphatic heterocycles. The van der Waals surface area contributed by atoms with E-state index in [0.717, 1.165) is 30.5 Å². The highest BCUT2D eigenvalue weighted by Gasteiger charge is 2.21. The Balaban J connectivity index is 1.84. The normalized spacial score (nSPS) is 13.0. The van der Waals surface area contributed by atoms with Gasteiger partial charge in [-0.05, 0) is 31.4 Å². The molecule has 25 heavy (non-hydrogen) atoms. The zero-order valence-corrected chi connectivity index (χ0v) is 13.7. The van der Waals surface area contributed by atoms with Crippen molar-refractivity contribution in [1.82, 2.24) is 19.7 Å². The summed E-state index contributed by atoms with van der Waals surface area (Å²) in [5.41, 5.74) is 1.92. The number of furan rings is 1. The second-order valence-electron chi connectivity index (χ2n) is 5.87. The number of H-pyrrole nitrogens is 1. The molecule has 1 aliphatic carbocycles. The molecule has 0 aromatic carbocycles. The summed E-state index contributed by atoms with van der Waals surface area (Å²) in [4.78, 5) is 31.4. The Morgan fingerprint density at radius 1 is 1.44 bits per heavy atom. The monoisotopic (exact) mass is 339 g/mol. The molecule has 0 radical (unpaired) electrons. The molecule has 0 unspecified atom stereocenters. The number of hydrogen-bond acceptors (Lipinski definition) is 5. The summed E-state index contributed by atoms with van der Waals surface area (Å²) in [7, 11) is 0. The van der Waals surface area contributed by atoms with Crippen molar-refractivity contribution < 1.29 is 9.21 Å². The van der Waals surface area contributed by atoms with Crippen LogP contribution in [0.5, 0.6) is 0 Å². The summed E-state index contributed by atoms with van der Waals surface area (Å²) in [5, 5.41) is 7.24. The highest BCUT2D eigenvalue weighted by atomic mass is 16.3. The van der Waals surface area contributed by atoms with Crippen molar-refractivity contribution >= 4 is 11.7 Å². The summed E-state index contributed by atoms with van der Waals surface area (Å²) in [6.07, 6.45) is 4.32. The highest BCUT2D eigenvalue weighted by molar-refractivity contribution is 5.90. The maximum atomic E-state index is 12.3. The molecule has 0 saturated heterocycles. The number of nitrogens with one attached hydrogen (secondary N) is 2. The van der Waals surface area contributed by atoms with Gasteiger partial charge in [0.1, 0.15) is 11.5 Å². The van der Waals surface area contributed by atoms with E-state index in [0.29, 0.717) is 23.7 Å². The van der Waals surface area contributed by atoms with E-state index in [9.17, 15) is 9.59 Å². The van der Waals surface area contributed by atoms with Crippen molar-refractivity contribution in [2.24, 2.45) is 0 Å². The predicted octanol–water partition coefficient (Wildman–Crippen LogP) is 2.05. The number of aryl methyl sites for hydroxylation is 1. The van der Waals surface area contributed by atoms with Crippen molar-refractivity contribution in [1.29, 1.82) is 0 Å². The lowest BCUT2D eigenvalue weighted by atomic mass is 10.3. The SMILES string of the molecule is CCC(=O)Nc1cc(-c2ccco2)nn1-c1nc2c(c(=O)[nH]1)CCC2. The highest BCUT2D eigenvalue weighted by Crippen LogP contribution is 2.25. The fourth-order valence-electron chi connectivity index (χ4n) is 2.94. The third-order valence-electron chi connectivity index (χ3n) is 4.20. The Hall–Kier alpha value is -3.16. The number of carbonyl (C=O) groups is 1. The molecule has 1 aliphatic rings. The molecule has 0 bridgehead atoms. The second kappa shape index (κ2) is 6.04. The molecule has 0 saturated carbocycles. The molecule has 8 heteroatoms. The minimum atomic E-state index is -0.157. The van der Waals surface area contributed by atoms with Crippen molar-refractivity contribution in [2.45, 2.75) is 32.6 Å². The molecule has 2 N–H and O–H groups in total. The van der Waals surface area contributed by atoms with Gasteiger partial charge in [-0.3, -0.25) is 14.6 Å². The van der Waals surface area contributed by atoms with Crippen molar-refractivity contribution in [2.75, 3.05) is 5.32 Å². The molecule has 3 aromatic heterocycles. The van der Waals surface area contributed by atoms with Crippen LogP contribution < -0.4 is 10.9 Å². The van der Waals surface area contributed by atoms with Gasteiger partial charge in [-0.2, -0.15) is 9.78 Å². The van der Waals surface area contributed by atoms with Gasteiger partial charge in [-0.25, -0.2) is 4.98 Å². The summed E-state index contributed by atoms with van der Waals surface area (Å²) in [6.45, 7) is 1.76. The van der Waals surface area contributed by atoms with E-state index in [1.54, 1.807) is 31.4 Å². The Morgan fingerprint density at radius 3 is 3.08 bits per heavy atom. The lowest BCUT2D eigenvalue weighted by Gasteiger charge is -2.08. The lowest BCUT2D eigenvalue weighted by Crippen LogP contribution is -2.20.